The SMILES string of the molecule is CCCCCCCCCCCCN=C(C)c1ccccc1. The van der Waals surface area contributed by atoms with E-state index in [1.807, 2.05) is 0 Å². The Kier molecular flexibility index (Phi) is 10.8. The van der Waals surface area contributed by atoms with Crippen LogP contribution in [0.1, 0.15) is 83.6 Å². The van der Waals surface area contributed by atoms with Gasteiger partial charge in [-0.3, -0.25) is 4.99 Å². The van der Waals surface area contributed by atoms with Crippen LogP contribution >= 0.6 is 0 Å². The topological polar surface area (TPSA) is 12.4 Å². The van der Waals surface area contributed by atoms with Crippen LogP contribution in [0.25, 0.3) is 0 Å². The zero-order valence-corrected chi connectivity index (χ0v) is 14.1. The summed E-state index contributed by atoms with van der Waals surface area (Å²) in [6.45, 7) is 5.38. The number of aliphatic imine (C=N–C) groups is 1. The van der Waals surface area contributed by atoms with Gasteiger partial charge in [-0.25, -0.2) is 0 Å². The van der Waals surface area contributed by atoms with Crippen LogP contribution in [0, 0.1) is 0 Å². The first-order valence-corrected chi connectivity index (χ1v) is 8.91. The zero-order chi connectivity index (χ0) is 15.2. The third-order valence-corrected chi connectivity index (χ3v) is 4.05. The van der Waals surface area contributed by atoms with Crippen molar-refractivity contribution in [3.05, 3.63) is 35.9 Å². The van der Waals surface area contributed by atoms with Gasteiger partial charge >= 0.3 is 0 Å². The molecule has 0 bridgehead atoms. The van der Waals surface area contributed by atoms with E-state index in [-0.39, 0.29) is 0 Å². The molecule has 0 heterocycles. The molecule has 1 nitrogen and oxygen atoms in total. The van der Waals surface area contributed by atoms with Gasteiger partial charge in [0.1, 0.15) is 0 Å². The van der Waals surface area contributed by atoms with Gasteiger partial charge in [0.15, 0.2) is 0 Å². The standard InChI is InChI=1S/C20H33N/c1-3-4-5-6-7-8-9-10-11-15-18-21-19(2)20-16-13-12-14-17-20/h12-14,16-17H,3-11,15,18H2,1-2H3. The van der Waals surface area contributed by atoms with E-state index in [0.717, 1.165) is 6.54 Å². The third-order valence-electron chi connectivity index (χ3n) is 4.05. The van der Waals surface area contributed by atoms with Crippen molar-refractivity contribution >= 4 is 5.71 Å². The monoisotopic (exact) mass is 287 g/mol. The summed E-state index contributed by atoms with van der Waals surface area (Å²) in [5, 5.41) is 0. The van der Waals surface area contributed by atoms with Gasteiger partial charge in [-0.05, 0) is 18.9 Å². The largest absolute Gasteiger partial charge is 0.289 e. The highest BCUT2D eigenvalue weighted by Gasteiger charge is 1.95. The lowest BCUT2D eigenvalue weighted by Gasteiger charge is -2.02. The van der Waals surface area contributed by atoms with Crippen molar-refractivity contribution in [1.82, 2.24) is 0 Å². The second-order valence-corrected chi connectivity index (χ2v) is 6.02. The van der Waals surface area contributed by atoms with Crippen LogP contribution in [0.4, 0.5) is 0 Å². The lowest BCUT2D eigenvalue weighted by Crippen LogP contribution is -1.96. The van der Waals surface area contributed by atoms with Crippen molar-refractivity contribution in [2.45, 2.75) is 78.1 Å². The molecule has 0 fully saturated rings. The van der Waals surface area contributed by atoms with Crippen LogP contribution in [-0.2, 0) is 0 Å². The molecule has 1 aromatic carbocycles. The molecule has 118 valence electrons. The van der Waals surface area contributed by atoms with Crippen molar-refractivity contribution in [1.29, 1.82) is 0 Å². The summed E-state index contributed by atoms with van der Waals surface area (Å²) in [6.07, 6.45) is 13.9. The fourth-order valence-electron chi connectivity index (χ4n) is 2.62. The maximum atomic E-state index is 4.68. The summed E-state index contributed by atoms with van der Waals surface area (Å²) >= 11 is 0. The summed E-state index contributed by atoms with van der Waals surface area (Å²) in [7, 11) is 0. The van der Waals surface area contributed by atoms with E-state index in [2.05, 4.69) is 49.2 Å². The lowest BCUT2D eigenvalue weighted by molar-refractivity contribution is 0.558. The normalized spacial score (nSPS) is 11.8. The Balaban J connectivity index is 1.95. The van der Waals surface area contributed by atoms with Crippen LogP contribution in [0.15, 0.2) is 35.3 Å². The Morgan fingerprint density at radius 2 is 1.29 bits per heavy atom. The van der Waals surface area contributed by atoms with Gasteiger partial charge in [-0.2, -0.15) is 0 Å². The molecule has 0 aliphatic carbocycles. The van der Waals surface area contributed by atoms with Crippen molar-refractivity contribution in [2.75, 3.05) is 6.54 Å². The zero-order valence-electron chi connectivity index (χ0n) is 14.1. The first-order valence-electron chi connectivity index (χ1n) is 8.91. The highest BCUT2D eigenvalue weighted by atomic mass is 14.7. The van der Waals surface area contributed by atoms with Crippen LogP contribution in [0.5, 0.6) is 0 Å². The van der Waals surface area contributed by atoms with E-state index in [9.17, 15) is 0 Å². The van der Waals surface area contributed by atoms with Crippen LogP contribution < -0.4 is 0 Å². The second-order valence-electron chi connectivity index (χ2n) is 6.02. The number of benzene rings is 1. The molecule has 0 atom stereocenters. The molecule has 0 N–H and O–H groups in total. The molecule has 1 heteroatoms. The molecule has 1 aromatic rings. The highest BCUT2D eigenvalue weighted by molar-refractivity contribution is 5.98. The van der Waals surface area contributed by atoms with Gasteiger partial charge in [0.05, 0.1) is 0 Å². The molecule has 0 aliphatic heterocycles. The Morgan fingerprint density at radius 3 is 1.86 bits per heavy atom. The van der Waals surface area contributed by atoms with Gasteiger partial charge in [0, 0.05) is 12.3 Å². The average molecular weight is 287 g/mol. The van der Waals surface area contributed by atoms with Crippen LogP contribution in [-0.4, -0.2) is 12.3 Å². The molecule has 0 unspecified atom stereocenters. The number of hydrogen-bond donors (Lipinski definition) is 0. The first kappa shape index (κ1) is 17.9. The molecule has 0 saturated heterocycles. The molecule has 0 aromatic heterocycles. The van der Waals surface area contributed by atoms with Gasteiger partial charge < -0.3 is 0 Å². The molecule has 21 heavy (non-hydrogen) atoms. The van der Waals surface area contributed by atoms with Gasteiger partial charge in [0.25, 0.3) is 0 Å². The Labute approximate surface area is 131 Å². The van der Waals surface area contributed by atoms with E-state index in [0.29, 0.717) is 0 Å². The maximum Gasteiger partial charge on any atom is 0.0392 e. The summed E-state index contributed by atoms with van der Waals surface area (Å²) in [5.74, 6) is 0. The minimum Gasteiger partial charge on any atom is -0.289 e. The Morgan fingerprint density at radius 1 is 0.762 bits per heavy atom. The van der Waals surface area contributed by atoms with E-state index < -0.39 is 0 Å². The van der Waals surface area contributed by atoms with Crippen molar-refractivity contribution in [3.8, 4) is 0 Å². The highest BCUT2D eigenvalue weighted by Crippen LogP contribution is 2.10. The number of nitrogens with zero attached hydrogens (tertiary/aromatic N) is 1. The summed E-state index contributed by atoms with van der Waals surface area (Å²) in [6, 6.07) is 10.5. The van der Waals surface area contributed by atoms with Crippen molar-refractivity contribution in [3.63, 3.8) is 0 Å². The molecule has 0 amide bonds. The maximum absolute atomic E-state index is 4.68. The third kappa shape index (κ3) is 9.44. The minimum atomic E-state index is 0.983. The number of hydrogen-bond acceptors (Lipinski definition) is 1. The van der Waals surface area contributed by atoms with E-state index >= 15 is 0 Å². The Bertz CT molecular complexity index is 367. The fraction of sp³-hybridized carbons (Fsp3) is 0.650. The van der Waals surface area contributed by atoms with Gasteiger partial charge in [-0.15, -0.1) is 0 Å². The van der Waals surface area contributed by atoms with E-state index in [1.165, 1.54) is 75.5 Å². The summed E-state index contributed by atoms with van der Waals surface area (Å²) < 4.78 is 0. The molecule has 1 rings (SSSR count). The van der Waals surface area contributed by atoms with Crippen molar-refractivity contribution < 1.29 is 0 Å². The molecule has 0 saturated carbocycles. The second kappa shape index (κ2) is 12.6. The average Bonchev–Trinajstić information content (AvgIpc) is 2.53. The predicted octanol–water partition coefficient (Wildman–Crippen LogP) is 6.42. The molecular weight excluding hydrogens is 254 g/mol. The van der Waals surface area contributed by atoms with E-state index in [4.69, 9.17) is 0 Å². The van der Waals surface area contributed by atoms with Crippen LogP contribution in [0.3, 0.4) is 0 Å². The molecule has 0 radical (unpaired) electrons. The van der Waals surface area contributed by atoms with E-state index in [1.54, 1.807) is 0 Å². The quantitative estimate of drug-likeness (QED) is 0.311. The van der Waals surface area contributed by atoms with Gasteiger partial charge in [0.2, 0.25) is 0 Å². The fourth-order valence-corrected chi connectivity index (χ4v) is 2.62. The molecule has 0 spiro atoms. The minimum absolute atomic E-state index is 0.983. The molecule has 0 aliphatic rings. The number of rotatable bonds is 12. The first-order chi connectivity index (χ1) is 10.3. The van der Waals surface area contributed by atoms with Gasteiger partial charge in [-0.1, -0.05) is 95.0 Å². The van der Waals surface area contributed by atoms with Crippen molar-refractivity contribution in [2.24, 2.45) is 4.99 Å². The predicted molar refractivity (Wildman–Crippen MR) is 95.4 cm³/mol. The summed E-state index contributed by atoms with van der Waals surface area (Å²) in [5.41, 5.74) is 2.43. The lowest BCUT2D eigenvalue weighted by atomic mass is 10.1. The molecular formula is C20H33N. The Hall–Kier alpha value is -1.11. The summed E-state index contributed by atoms with van der Waals surface area (Å²) in [4.78, 5) is 4.68. The number of unbranched alkanes of at least 4 members (excludes halogenated alkanes) is 9. The smallest absolute Gasteiger partial charge is 0.0392 e. The van der Waals surface area contributed by atoms with Crippen LogP contribution in [0.2, 0.25) is 0 Å².